The van der Waals surface area contributed by atoms with E-state index in [2.05, 4.69) is 5.32 Å². The molecule has 146 valence electrons. The normalized spacial score (nSPS) is 33.1. The molecule has 1 unspecified atom stereocenters. The number of aliphatic carboxylic acids is 1. The highest BCUT2D eigenvalue weighted by Gasteiger charge is 2.51. The number of amides is 2. The number of rotatable bonds is 8. The van der Waals surface area contributed by atoms with E-state index < -0.39 is 37.3 Å². The molecule has 8 heteroatoms. The minimum absolute atomic E-state index is 0.0502. The number of carboxylic acids is 1. The van der Waals surface area contributed by atoms with Gasteiger partial charge in [0.25, 0.3) is 0 Å². The fraction of sp³-hybridized carbons (Fsp3) is 0.833. The van der Waals surface area contributed by atoms with E-state index in [0.29, 0.717) is 6.42 Å². The number of alkyl halides is 2. The van der Waals surface area contributed by atoms with Crippen molar-refractivity contribution in [1.29, 1.82) is 0 Å². The number of hydrogen-bond donors (Lipinski definition) is 3. The van der Waals surface area contributed by atoms with Gasteiger partial charge in [-0.25, -0.2) is 13.6 Å². The maximum Gasteiger partial charge on any atom is 0.326 e. The van der Waals surface area contributed by atoms with Gasteiger partial charge in [-0.15, -0.1) is 0 Å². The van der Waals surface area contributed by atoms with Crippen molar-refractivity contribution < 1.29 is 28.3 Å². The summed E-state index contributed by atoms with van der Waals surface area (Å²) in [6.07, 6.45) is 3.68. The summed E-state index contributed by atoms with van der Waals surface area (Å²) in [7, 11) is 0. The zero-order valence-electron chi connectivity index (χ0n) is 14.7. The number of hydrogen-bond acceptors (Lipinski definition) is 3. The number of carboxylic acid groups (broad SMARTS) is 1. The Morgan fingerprint density at radius 3 is 2.00 bits per heavy atom. The zero-order chi connectivity index (χ0) is 18.9. The Kier molecular flexibility index (Phi) is 5.48. The van der Waals surface area contributed by atoms with Crippen LogP contribution < -0.4 is 10.6 Å². The molecule has 2 amide bonds. The molecule has 0 aromatic rings. The summed E-state index contributed by atoms with van der Waals surface area (Å²) in [5, 5.41) is 13.4. The zero-order valence-corrected chi connectivity index (χ0v) is 14.7. The first-order valence-corrected chi connectivity index (χ1v) is 9.32. The van der Waals surface area contributed by atoms with E-state index in [1.165, 1.54) is 19.3 Å². The summed E-state index contributed by atoms with van der Waals surface area (Å²) in [5.41, 5.74) is 0.0502. The summed E-state index contributed by atoms with van der Waals surface area (Å²) >= 11 is 0. The van der Waals surface area contributed by atoms with Gasteiger partial charge in [0.1, 0.15) is 6.04 Å². The van der Waals surface area contributed by atoms with Crippen LogP contribution in [-0.4, -0.2) is 41.9 Å². The molecular formula is C18H26F2N2O4. The predicted octanol–water partition coefficient (Wildman–Crippen LogP) is 1.93. The molecule has 4 saturated carbocycles. The van der Waals surface area contributed by atoms with Crippen LogP contribution in [0.25, 0.3) is 0 Å². The third-order valence-corrected chi connectivity index (χ3v) is 6.19. The largest absolute Gasteiger partial charge is 0.480 e. The van der Waals surface area contributed by atoms with Gasteiger partial charge in [-0.05, 0) is 61.7 Å². The van der Waals surface area contributed by atoms with Crippen LogP contribution in [0.15, 0.2) is 0 Å². The van der Waals surface area contributed by atoms with Crippen LogP contribution in [0.5, 0.6) is 0 Å². The summed E-state index contributed by atoms with van der Waals surface area (Å²) in [4.78, 5) is 35.0. The first-order valence-electron chi connectivity index (χ1n) is 9.32. The first kappa shape index (κ1) is 19.0. The lowest BCUT2D eigenvalue weighted by atomic mass is 9.49. The molecule has 4 aliphatic carbocycles. The molecule has 4 bridgehead atoms. The van der Waals surface area contributed by atoms with E-state index >= 15 is 0 Å². The Bertz CT molecular complexity index is 546. The molecule has 4 fully saturated rings. The minimum Gasteiger partial charge on any atom is -0.480 e. The first-order chi connectivity index (χ1) is 12.2. The minimum atomic E-state index is -2.83. The average molecular weight is 372 g/mol. The predicted molar refractivity (Wildman–Crippen MR) is 88.4 cm³/mol. The van der Waals surface area contributed by atoms with E-state index in [0.717, 1.165) is 37.0 Å². The van der Waals surface area contributed by atoms with Crippen molar-refractivity contribution in [2.45, 2.75) is 63.8 Å². The van der Waals surface area contributed by atoms with Crippen molar-refractivity contribution in [3.8, 4) is 0 Å². The van der Waals surface area contributed by atoms with Crippen molar-refractivity contribution in [2.75, 3.05) is 6.54 Å². The lowest BCUT2D eigenvalue weighted by molar-refractivity contribution is -0.143. The maximum absolute atomic E-state index is 12.3. The Morgan fingerprint density at radius 2 is 1.54 bits per heavy atom. The molecule has 0 aliphatic heterocycles. The highest BCUT2D eigenvalue weighted by molar-refractivity contribution is 5.88. The van der Waals surface area contributed by atoms with Crippen LogP contribution in [0, 0.1) is 23.2 Å². The van der Waals surface area contributed by atoms with Gasteiger partial charge in [0.05, 0.1) is 6.54 Å². The highest BCUT2D eigenvalue weighted by Crippen LogP contribution is 2.61. The summed E-state index contributed by atoms with van der Waals surface area (Å²) in [5.74, 6) is -0.327. The van der Waals surface area contributed by atoms with Crippen molar-refractivity contribution in [1.82, 2.24) is 10.6 Å². The second-order valence-electron chi connectivity index (χ2n) is 8.46. The third-order valence-electron chi connectivity index (χ3n) is 6.19. The Morgan fingerprint density at radius 1 is 1.00 bits per heavy atom. The monoisotopic (exact) mass is 372 g/mol. The van der Waals surface area contributed by atoms with E-state index in [4.69, 9.17) is 5.11 Å². The second kappa shape index (κ2) is 7.48. The van der Waals surface area contributed by atoms with Gasteiger partial charge >= 0.3 is 5.97 Å². The van der Waals surface area contributed by atoms with Gasteiger partial charge in [0.15, 0.2) is 0 Å². The average Bonchev–Trinajstić information content (AvgIpc) is 2.50. The topological polar surface area (TPSA) is 95.5 Å². The van der Waals surface area contributed by atoms with Gasteiger partial charge in [-0.2, -0.15) is 0 Å². The molecule has 0 spiro atoms. The lowest BCUT2D eigenvalue weighted by Gasteiger charge is -2.56. The SMILES string of the molecule is O=C(CC12CC3CC(CC(C3)C1)C2)NCC(=O)NC(CC(F)F)C(=O)O. The number of carbonyl (C=O) groups excluding carboxylic acids is 2. The fourth-order valence-corrected chi connectivity index (χ4v) is 5.73. The van der Waals surface area contributed by atoms with Crippen LogP contribution in [0.2, 0.25) is 0 Å². The third kappa shape index (κ3) is 4.51. The number of halogens is 2. The van der Waals surface area contributed by atoms with Crippen LogP contribution in [0.4, 0.5) is 8.78 Å². The van der Waals surface area contributed by atoms with E-state index in [-0.39, 0.29) is 11.3 Å². The number of nitrogens with one attached hydrogen (secondary N) is 2. The molecular weight excluding hydrogens is 346 g/mol. The smallest absolute Gasteiger partial charge is 0.326 e. The molecule has 6 nitrogen and oxygen atoms in total. The number of carbonyl (C=O) groups is 3. The van der Waals surface area contributed by atoms with Gasteiger partial charge in [-0.1, -0.05) is 0 Å². The molecule has 1 atom stereocenters. The quantitative estimate of drug-likeness (QED) is 0.607. The van der Waals surface area contributed by atoms with Gasteiger partial charge in [-0.3, -0.25) is 9.59 Å². The van der Waals surface area contributed by atoms with Crippen LogP contribution in [-0.2, 0) is 14.4 Å². The summed E-state index contributed by atoms with van der Waals surface area (Å²) < 4.78 is 24.7. The molecule has 0 radical (unpaired) electrons. The summed E-state index contributed by atoms with van der Waals surface area (Å²) in [6.45, 7) is -0.391. The van der Waals surface area contributed by atoms with Gasteiger partial charge < -0.3 is 15.7 Å². The van der Waals surface area contributed by atoms with Crippen molar-refractivity contribution >= 4 is 17.8 Å². The molecule has 0 aromatic carbocycles. The lowest BCUT2D eigenvalue weighted by Crippen LogP contribution is -2.49. The Labute approximate surface area is 151 Å². The van der Waals surface area contributed by atoms with E-state index in [1.807, 2.05) is 5.32 Å². The molecule has 4 aliphatic rings. The molecule has 0 saturated heterocycles. The fourth-order valence-electron chi connectivity index (χ4n) is 5.73. The standard InChI is InChI=1S/C18H26F2N2O4/c19-14(20)4-13(17(25)26)22-16(24)9-21-15(23)8-18-5-10-1-11(6-18)3-12(2-10)7-18/h10-14H,1-9H2,(H,21,23)(H,22,24)(H,25,26). The van der Waals surface area contributed by atoms with E-state index in [1.54, 1.807) is 0 Å². The van der Waals surface area contributed by atoms with Crippen molar-refractivity contribution in [3.63, 3.8) is 0 Å². The van der Waals surface area contributed by atoms with E-state index in [9.17, 15) is 23.2 Å². The van der Waals surface area contributed by atoms with Gasteiger partial charge in [0.2, 0.25) is 18.2 Å². The Hall–Kier alpha value is -1.73. The van der Waals surface area contributed by atoms with Crippen LogP contribution in [0.3, 0.4) is 0 Å². The Balaban J connectivity index is 1.45. The second-order valence-corrected chi connectivity index (χ2v) is 8.46. The van der Waals surface area contributed by atoms with Crippen molar-refractivity contribution in [3.05, 3.63) is 0 Å². The summed E-state index contributed by atoms with van der Waals surface area (Å²) in [6, 6.07) is -1.65. The molecule has 0 aromatic heterocycles. The molecule has 26 heavy (non-hydrogen) atoms. The van der Waals surface area contributed by atoms with Crippen LogP contribution >= 0.6 is 0 Å². The van der Waals surface area contributed by atoms with Gasteiger partial charge in [0, 0.05) is 12.8 Å². The van der Waals surface area contributed by atoms with Crippen molar-refractivity contribution in [2.24, 2.45) is 23.2 Å². The molecule has 3 N–H and O–H groups in total. The van der Waals surface area contributed by atoms with Crippen LogP contribution in [0.1, 0.15) is 51.4 Å². The molecule has 4 rings (SSSR count). The highest BCUT2D eigenvalue weighted by atomic mass is 19.3. The maximum atomic E-state index is 12.3. The molecule has 0 heterocycles.